The summed E-state index contributed by atoms with van der Waals surface area (Å²) in [6.45, 7) is 0. The zero-order valence-electron chi connectivity index (χ0n) is 15.8. The van der Waals surface area contributed by atoms with Crippen molar-refractivity contribution in [2.45, 2.75) is 49.7 Å². The Balaban J connectivity index is 1.46. The molecule has 28 heavy (non-hydrogen) atoms. The first-order chi connectivity index (χ1) is 13.8. The molecule has 1 amide bonds. The molecule has 0 spiro atoms. The summed E-state index contributed by atoms with van der Waals surface area (Å²) in [5, 5.41) is 12.7. The predicted molar refractivity (Wildman–Crippen MR) is 110 cm³/mol. The van der Waals surface area contributed by atoms with Gasteiger partial charge in [-0.15, -0.1) is 10.2 Å². The Morgan fingerprint density at radius 3 is 2.54 bits per heavy atom. The number of hydrogen-bond donors (Lipinski definition) is 1. The van der Waals surface area contributed by atoms with Crippen LogP contribution >= 0.6 is 11.8 Å². The van der Waals surface area contributed by atoms with Crippen molar-refractivity contribution in [2.75, 3.05) is 5.75 Å². The summed E-state index contributed by atoms with van der Waals surface area (Å²) in [4.78, 5) is 12.4. The highest BCUT2D eigenvalue weighted by Gasteiger charge is 2.18. The van der Waals surface area contributed by atoms with Crippen molar-refractivity contribution >= 4 is 17.7 Å². The monoisotopic (exact) mass is 395 g/mol. The lowest BCUT2D eigenvalue weighted by Crippen LogP contribution is -2.37. The van der Waals surface area contributed by atoms with E-state index in [9.17, 15) is 4.79 Å². The van der Waals surface area contributed by atoms with Crippen LogP contribution in [0.4, 0.5) is 0 Å². The normalized spacial score (nSPS) is 14.9. The van der Waals surface area contributed by atoms with Crippen molar-refractivity contribution in [3.63, 3.8) is 0 Å². The van der Waals surface area contributed by atoms with Crippen LogP contribution in [0.1, 0.15) is 43.5 Å². The van der Waals surface area contributed by atoms with Crippen molar-refractivity contribution in [3.05, 3.63) is 66.2 Å². The van der Waals surface area contributed by atoms with Crippen molar-refractivity contribution in [1.82, 2.24) is 24.9 Å². The fourth-order valence-electron chi connectivity index (χ4n) is 3.61. The summed E-state index contributed by atoms with van der Waals surface area (Å²) < 4.78 is 3.94. The van der Waals surface area contributed by atoms with Gasteiger partial charge < -0.3 is 5.32 Å². The van der Waals surface area contributed by atoms with Crippen LogP contribution in [0.25, 0.3) is 0 Å². The SMILES string of the molecule is O=C(CSc1nnc(Cc2ccccc2)n1-n1cccc1)NC1CCCCC1. The summed E-state index contributed by atoms with van der Waals surface area (Å²) in [7, 11) is 0. The highest BCUT2D eigenvalue weighted by Crippen LogP contribution is 2.21. The number of amides is 1. The maximum Gasteiger partial charge on any atom is 0.230 e. The molecule has 0 radical (unpaired) electrons. The van der Waals surface area contributed by atoms with Gasteiger partial charge in [0.05, 0.1) is 5.75 Å². The first-order valence-corrected chi connectivity index (χ1v) is 10.8. The van der Waals surface area contributed by atoms with Crippen LogP contribution in [-0.4, -0.2) is 37.3 Å². The Morgan fingerprint density at radius 1 is 1.04 bits per heavy atom. The van der Waals surface area contributed by atoms with Gasteiger partial charge >= 0.3 is 0 Å². The van der Waals surface area contributed by atoms with E-state index in [2.05, 4.69) is 27.6 Å². The maximum absolute atomic E-state index is 12.4. The van der Waals surface area contributed by atoms with Crippen LogP contribution in [0.2, 0.25) is 0 Å². The minimum Gasteiger partial charge on any atom is -0.353 e. The van der Waals surface area contributed by atoms with Crippen LogP contribution in [0.3, 0.4) is 0 Å². The smallest absolute Gasteiger partial charge is 0.230 e. The number of aromatic nitrogens is 4. The van der Waals surface area contributed by atoms with Gasteiger partial charge in [-0.05, 0) is 30.5 Å². The molecule has 2 aromatic heterocycles. The Kier molecular flexibility index (Phi) is 6.11. The Morgan fingerprint density at radius 2 is 1.79 bits per heavy atom. The van der Waals surface area contributed by atoms with Crippen LogP contribution in [0.15, 0.2) is 60.0 Å². The molecule has 1 aliphatic rings. The third-order valence-corrected chi connectivity index (χ3v) is 5.92. The number of nitrogens with one attached hydrogen (secondary N) is 1. The lowest BCUT2D eigenvalue weighted by atomic mass is 9.95. The third-order valence-electron chi connectivity index (χ3n) is 5.00. The summed E-state index contributed by atoms with van der Waals surface area (Å²) in [6.07, 6.45) is 10.5. The minimum absolute atomic E-state index is 0.0727. The molecule has 0 atom stereocenters. The van der Waals surface area contributed by atoms with Crippen LogP contribution in [-0.2, 0) is 11.2 Å². The van der Waals surface area contributed by atoms with E-state index >= 15 is 0 Å². The van der Waals surface area contributed by atoms with Crippen LogP contribution in [0, 0.1) is 0 Å². The van der Waals surface area contributed by atoms with Crippen LogP contribution < -0.4 is 5.32 Å². The zero-order chi connectivity index (χ0) is 19.2. The first-order valence-electron chi connectivity index (χ1n) is 9.83. The third kappa shape index (κ3) is 4.65. The quantitative estimate of drug-likeness (QED) is 0.622. The standard InChI is InChI=1S/C21H25N5OS/c27-20(22-18-11-5-2-6-12-18)16-28-21-24-23-19(15-17-9-3-1-4-10-17)26(21)25-13-7-8-14-25/h1,3-4,7-10,13-14,18H,2,5-6,11-12,15-16H2,(H,22,27). The molecule has 3 aromatic rings. The number of rotatable bonds is 7. The van der Waals surface area contributed by atoms with E-state index in [4.69, 9.17) is 0 Å². The van der Waals surface area contributed by atoms with Crippen LogP contribution in [0.5, 0.6) is 0 Å². The molecule has 2 heterocycles. The lowest BCUT2D eigenvalue weighted by molar-refractivity contribution is -0.119. The Bertz CT molecular complexity index is 885. The first kappa shape index (κ1) is 18.8. The molecule has 146 valence electrons. The van der Waals surface area contributed by atoms with Crippen molar-refractivity contribution in [3.8, 4) is 0 Å². The molecular weight excluding hydrogens is 370 g/mol. The molecule has 0 unspecified atom stereocenters. The summed E-state index contributed by atoms with van der Waals surface area (Å²) in [6, 6.07) is 14.5. The zero-order valence-corrected chi connectivity index (χ0v) is 16.6. The Hall–Kier alpha value is -2.54. The molecule has 1 aromatic carbocycles. The van der Waals surface area contributed by atoms with Gasteiger partial charge in [0, 0.05) is 24.9 Å². The second-order valence-electron chi connectivity index (χ2n) is 7.13. The fourth-order valence-corrected chi connectivity index (χ4v) is 4.38. The minimum atomic E-state index is 0.0727. The lowest BCUT2D eigenvalue weighted by Gasteiger charge is -2.22. The number of thioether (sulfide) groups is 1. The van der Waals surface area contributed by atoms with Gasteiger partial charge in [0.15, 0.2) is 5.82 Å². The summed E-state index contributed by atoms with van der Waals surface area (Å²) >= 11 is 1.43. The van der Waals surface area contributed by atoms with E-state index in [1.54, 1.807) is 0 Å². The van der Waals surface area contributed by atoms with Gasteiger partial charge in [0.25, 0.3) is 0 Å². The molecule has 7 heteroatoms. The number of carbonyl (C=O) groups is 1. The van der Waals surface area contributed by atoms with E-state index in [-0.39, 0.29) is 5.91 Å². The van der Waals surface area contributed by atoms with Crippen molar-refractivity contribution in [2.24, 2.45) is 0 Å². The second kappa shape index (κ2) is 9.10. The summed E-state index contributed by atoms with van der Waals surface area (Å²) in [5.41, 5.74) is 1.18. The number of carbonyl (C=O) groups excluding carboxylic acids is 1. The van der Waals surface area contributed by atoms with E-state index < -0.39 is 0 Å². The molecule has 4 rings (SSSR count). The molecule has 6 nitrogen and oxygen atoms in total. The molecular formula is C21H25N5OS. The van der Waals surface area contributed by atoms with Gasteiger partial charge in [-0.25, -0.2) is 4.68 Å². The number of benzene rings is 1. The van der Waals surface area contributed by atoms with E-state index in [0.29, 0.717) is 18.2 Å². The predicted octanol–water partition coefficient (Wildman–Crippen LogP) is 3.52. The summed E-state index contributed by atoms with van der Waals surface area (Å²) in [5.74, 6) is 1.27. The largest absolute Gasteiger partial charge is 0.353 e. The van der Waals surface area contributed by atoms with E-state index in [1.165, 1.54) is 36.6 Å². The molecule has 0 bridgehead atoms. The van der Waals surface area contributed by atoms with Gasteiger partial charge in [0.1, 0.15) is 0 Å². The average molecular weight is 396 g/mol. The van der Waals surface area contributed by atoms with Gasteiger partial charge in [-0.1, -0.05) is 61.4 Å². The molecule has 1 saturated carbocycles. The van der Waals surface area contributed by atoms with Crippen molar-refractivity contribution in [1.29, 1.82) is 0 Å². The average Bonchev–Trinajstić information content (AvgIpc) is 3.38. The maximum atomic E-state index is 12.4. The number of hydrogen-bond acceptors (Lipinski definition) is 4. The number of nitrogens with zero attached hydrogens (tertiary/aromatic N) is 4. The molecule has 1 N–H and O–H groups in total. The van der Waals surface area contributed by atoms with Gasteiger partial charge in [0.2, 0.25) is 11.1 Å². The highest BCUT2D eigenvalue weighted by molar-refractivity contribution is 7.99. The Labute approximate surface area is 169 Å². The molecule has 1 fully saturated rings. The van der Waals surface area contributed by atoms with Crippen molar-refractivity contribution < 1.29 is 4.79 Å². The molecule has 1 aliphatic carbocycles. The highest BCUT2D eigenvalue weighted by atomic mass is 32.2. The van der Waals surface area contributed by atoms with Gasteiger partial charge in [-0.3, -0.25) is 9.47 Å². The van der Waals surface area contributed by atoms with Gasteiger partial charge in [-0.2, -0.15) is 0 Å². The molecule has 0 aliphatic heterocycles. The second-order valence-corrected chi connectivity index (χ2v) is 8.07. The van der Waals surface area contributed by atoms with E-state index in [1.807, 2.05) is 52.1 Å². The molecule has 0 saturated heterocycles. The van der Waals surface area contributed by atoms with E-state index in [0.717, 1.165) is 23.8 Å². The fraction of sp³-hybridized carbons (Fsp3) is 0.381. The topological polar surface area (TPSA) is 64.7 Å².